The Morgan fingerprint density at radius 2 is 2.12 bits per heavy atom. The van der Waals surface area contributed by atoms with Crippen LogP contribution in [0.3, 0.4) is 0 Å². The number of likely N-dealkylation sites (tertiary alicyclic amines) is 1. The van der Waals surface area contributed by atoms with Crippen molar-refractivity contribution < 1.29 is 9.18 Å². The number of amides is 1. The summed E-state index contributed by atoms with van der Waals surface area (Å²) in [5.74, 6) is 0.0107. The lowest BCUT2D eigenvalue weighted by molar-refractivity contribution is 0.0728. The predicted molar refractivity (Wildman–Crippen MR) is 94.2 cm³/mol. The van der Waals surface area contributed by atoms with Crippen LogP contribution < -0.4 is 5.32 Å². The van der Waals surface area contributed by atoms with Crippen LogP contribution in [0.4, 0.5) is 10.2 Å². The van der Waals surface area contributed by atoms with E-state index in [-0.39, 0.29) is 17.5 Å². The number of carbonyl (C=O) groups excluding carboxylic acids is 1. The molecule has 1 amide bonds. The summed E-state index contributed by atoms with van der Waals surface area (Å²) in [5, 5.41) is 3.11. The van der Waals surface area contributed by atoms with Crippen molar-refractivity contribution in [1.29, 1.82) is 0 Å². The monoisotopic (exact) mass is 338 g/mol. The van der Waals surface area contributed by atoms with E-state index in [0.29, 0.717) is 6.54 Å². The van der Waals surface area contributed by atoms with E-state index in [1.165, 1.54) is 12.1 Å². The van der Waals surface area contributed by atoms with Gasteiger partial charge in [0.25, 0.3) is 5.91 Å². The summed E-state index contributed by atoms with van der Waals surface area (Å²) in [4.78, 5) is 19.3. The van der Waals surface area contributed by atoms with E-state index in [9.17, 15) is 9.18 Å². The molecule has 128 valence electrons. The molecule has 2 aromatic heterocycles. The van der Waals surface area contributed by atoms with E-state index in [1.807, 2.05) is 36.0 Å². The van der Waals surface area contributed by atoms with Crippen molar-refractivity contribution >= 4 is 17.2 Å². The number of hydrogen-bond acceptors (Lipinski definition) is 3. The lowest BCUT2D eigenvalue weighted by Gasteiger charge is -2.25. The second-order valence-electron chi connectivity index (χ2n) is 6.20. The molecule has 1 N–H and O–H groups in total. The molecule has 0 spiro atoms. The van der Waals surface area contributed by atoms with Gasteiger partial charge in [-0.05, 0) is 37.1 Å². The Labute approximate surface area is 145 Å². The van der Waals surface area contributed by atoms with Gasteiger partial charge >= 0.3 is 0 Å². The minimum absolute atomic E-state index is 0.116. The molecule has 5 nitrogen and oxygen atoms in total. The Kier molecular flexibility index (Phi) is 3.87. The van der Waals surface area contributed by atoms with Gasteiger partial charge in [0.15, 0.2) is 0 Å². The van der Waals surface area contributed by atoms with Gasteiger partial charge in [-0.2, -0.15) is 0 Å². The van der Waals surface area contributed by atoms with Gasteiger partial charge in [0.2, 0.25) is 0 Å². The van der Waals surface area contributed by atoms with Crippen LogP contribution in [0.2, 0.25) is 0 Å². The highest BCUT2D eigenvalue weighted by Crippen LogP contribution is 2.33. The summed E-state index contributed by atoms with van der Waals surface area (Å²) in [6.07, 6.45) is 5.61. The third kappa shape index (κ3) is 2.63. The summed E-state index contributed by atoms with van der Waals surface area (Å²) < 4.78 is 16.0. The summed E-state index contributed by atoms with van der Waals surface area (Å²) in [6.45, 7) is 0.609. The molecule has 1 atom stereocenters. The highest BCUT2D eigenvalue weighted by Gasteiger charge is 2.33. The molecule has 4 rings (SSSR count). The van der Waals surface area contributed by atoms with Crippen LogP contribution in [-0.4, -0.2) is 33.8 Å². The van der Waals surface area contributed by atoms with Gasteiger partial charge in [-0.25, -0.2) is 9.37 Å². The molecule has 25 heavy (non-hydrogen) atoms. The zero-order valence-corrected chi connectivity index (χ0v) is 13.9. The second-order valence-corrected chi connectivity index (χ2v) is 6.20. The van der Waals surface area contributed by atoms with E-state index in [2.05, 4.69) is 5.32 Å². The lowest BCUT2D eigenvalue weighted by Crippen LogP contribution is -2.31. The maximum atomic E-state index is 14.0. The number of hydrogen-bond donors (Lipinski definition) is 1. The van der Waals surface area contributed by atoms with E-state index < -0.39 is 5.82 Å². The Bertz CT molecular complexity index is 936. The number of anilines is 1. The van der Waals surface area contributed by atoms with Crippen molar-refractivity contribution in [3.63, 3.8) is 0 Å². The molecule has 0 radical (unpaired) electrons. The Hall–Kier alpha value is -2.89. The fourth-order valence-corrected chi connectivity index (χ4v) is 3.52. The second kappa shape index (κ2) is 6.20. The van der Waals surface area contributed by atoms with Gasteiger partial charge in [0, 0.05) is 26.0 Å². The highest BCUT2D eigenvalue weighted by molar-refractivity contribution is 5.95. The normalized spacial score (nSPS) is 17.2. The van der Waals surface area contributed by atoms with Gasteiger partial charge in [0.1, 0.15) is 11.6 Å². The van der Waals surface area contributed by atoms with Crippen LogP contribution in [0.25, 0.3) is 5.52 Å². The average Bonchev–Trinajstić information content (AvgIpc) is 3.29. The fraction of sp³-hybridized carbons (Fsp3) is 0.263. The van der Waals surface area contributed by atoms with Crippen LogP contribution >= 0.6 is 0 Å². The minimum atomic E-state index is -0.483. The molecule has 1 saturated heterocycles. The molecule has 3 aromatic rings. The number of nitrogens with one attached hydrogen (secondary N) is 1. The SMILES string of the molecule is CNc1nc(C2CCCN2C(=O)c2ccccc2F)cn2cccc12. The summed E-state index contributed by atoms with van der Waals surface area (Å²) in [6, 6.07) is 9.93. The van der Waals surface area contributed by atoms with Crippen LogP contribution in [-0.2, 0) is 0 Å². The highest BCUT2D eigenvalue weighted by atomic mass is 19.1. The van der Waals surface area contributed by atoms with Crippen molar-refractivity contribution in [2.24, 2.45) is 0 Å². The maximum Gasteiger partial charge on any atom is 0.257 e. The minimum Gasteiger partial charge on any atom is -0.371 e. The molecule has 6 heteroatoms. The first-order chi connectivity index (χ1) is 12.2. The van der Waals surface area contributed by atoms with Crippen molar-refractivity contribution in [2.45, 2.75) is 18.9 Å². The molecule has 3 heterocycles. The van der Waals surface area contributed by atoms with Crippen molar-refractivity contribution in [2.75, 3.05) is 18.9 Å². The van der Waals surface area contributed by atoms with Crippen LogP contribution in [0, 0.1) is 5.82 Å². The zero-order chi connectivity index (χ0) is 17.4. The molecule has 1 aliphatic heterocycles. The third-order valence-corrected chi connectivity index (χ3v) is 4.73. The maximum absolute atomic E-state index is 14.0. The van der Waals surface area contributed by atoms with Crippen LogP contribution in [0.15, 0.2) is 48.8 Å². The van der Waals surface area contributed by atoms with Crippen LogP contribution in [0.5, 0.6) is 0 Å². The van der Waals surface area contributed by atoms with Crippen LogP contribution in [0.1, 0.15) is 34.9 Å². The average molecular weight is 338 g/mol. The first kappa shape index (κ1) is 15.6. The standard InChI is InChI=1S/C19H19FN4O/c1-21-18-17-9-4-10-23(17)12-15(22-18)16-8-5-11-24(16)19(25)13-6-2-3-7-14(13)20/h2-4,6-7,9-10,12,16H,5,8,11H2,1H3,(H,21,22). The molecule has 0 bridgehead atoms. The number of nitrogens with zero attached hydrogens (tertiary/aromatic N) is 3. The number of aromatic nitrogens is 2. The summed E-state index contributed by atoms with van der Waals surface area (Å²) in [5.41, 5.74) is 1.91. The molecule has 1 aromatic carbocycles. The third-order valence-electron chi connectivity index (χ3n) is 4.73. The first-order valence-electron chi connectivity index (χ1n) is 8.40. The Morgan fingerprint density at radius 3 is 2.92 bits per heavy atom. The Morgan fingerprint density at radius 1 is 1.28 bits per heavy atom. The number of carbonyl (C=O) groups is 1. The van der Waals surface area contributed by atoms with Gasteiger partial charge in [0.05, 0.1) is 22.8 Å². The van der Waals surface area contributed by atoms with Gasteiger partial charge in [-0.15, -0.1) is 0 Å². The van der Waals surface area contributed by atoms with Crippen molar-refractivity contribution in [3.8, 4) is 0 Å². The van der Waals surface area contributed by atoms with E-state index in [0.717, 1.165) is 29.9 Å². The van der Waals surface area contributed by atoms with Crippen molar-refractivity contribution in [1.82, 2.24) is 14.3 Å². The molecule has 1 aliphatic rings. The van der Waals surface area contributed by atoms with E-state index in [1.54, 1.807) is 17.0 Å². The van der Waals surface area contributed by atoms with Gasteiger partial charge in [-0.1, -0.05) is 12.1 Å². The smallest absolute Gasteiger partial charge is 0.257 e. The molecular weight excluding hydrogens is 319 g/mol. The largest absolute Gasteiger partial charge is 0.371 e. The summed E-state index contributed by atoms with van der Waals surface area (Å²) >= 11 is 0. The predicted octanol–water partition coefficient (Wildman–Crippen LogP) is 3.49. The molecular formula is C19H19FN4O. The lowest BCUT2D eigenvalue weighted by atomic mass is 10.1. The van der Waals surface area contributed by atoms with E-state index >= 15 is 0 Å². The fourth-order valence-electron chi connectivity index (χ4n) is 3.52. The van der Waals surface area contributed by atoms with Gasteiger partial charge < -0.3 is 14.6 Å². The first-order valence-corrected chi connectivity index (χ1v) is 8.40. The number of benzene rings is 1. The zero-order valence-electron chi connectivity index (χ0n) is 13.9. The number of fused-ring (bicyclic) bond motifs is 1. The van der Waals surface area contributed by atoms with E-state index in [4.69, 9.17) is 4.98 Å². The number of halogens is 1. The molecule has 1 unspecified atom stereocenters. The number of rotatable bonds is 3. The molecule has 0 saturated carbocycles. The molecule has 1 fully saturated rings. The topological polar surface area (TPSA) is 49.6 Å². The quantitative estimate of drug-likeness (QED) is 0.795. The Balaban J connectivity index is 1.72. The molecule has 0 aliphatic carbocycles. The van der Waals surface area contributed by atoms with Gasteiger partial charge in [-0.3, -0.25) is 4.79 Å². The summed E-state index contributed by atoms with van der Waals surface area (Å²) in [7, 11) is 1.83. The van der Waals surface area contributed by atoms with Crippen molar-refractivity contribution in [3.05, 3.63) is 65.9 Å².